The summed E-state index contributed by atoms with van der Waals surface area (Å²) < 4.78 is 7.90. The van der Waals surface area contributed by atoms with Crippen molar-refractivity contribution in [2.75, 3.05) is 31.7 Å². The summed E-state index contributed by atoms with van der Waals surface area (Å²) in [5, 5.41) is 21.3. The van der Waals surface area contributed by atoms with Gasteiger partial charge in [-0.2, -0.15) is 9.36 Å². The van der Waals surface area contributed by atoms with Crippen LogP contribution in [0.4, 0.5) is 5.13 Å². The maximum absolute atomic E-state index is 13.2. The highest BCUT2D eigenvalue weighted by Crippen LogP contribution is 2.40. The number of carboxylic acids is 1. The zero-order valence-corrected chi connectivity index (χ0v) is 26.9. The zero-order valence-electron chi connectivity index (χ0n) is 23.6. The largest absolute Gasteiger partial charge is 0.543 e. The lowest BCUT2D eigenvalue weighted by Gasteiger charge is -2.50. The van der Waals surface area contributed by atoms with Gasteiger partial charge in [0.2, 0.25) is 17.9 Å². The molecule has 5 heterocycles. The van der Waals surface area contributed by atoms with E-state index in [1.54, 1.807) is 13.3 Å². The molecule has 16 nitrogen and oxygen atoms in total. The van der Waals surface area contributed by atoms with Crippen LogP contribution in [0.3, 0.4) is 0 Å². The van der Waals surface area contributed by atoms with Gasteiger partial charge >= 0.3 is 5.65 Å². The molecule has 0 aliphatic carbocycles. The van der Waals surface area contributed by atoms with Crippen molar-refractivity contribution in [1.29, 1.82) is 0 Å². The van der Waals surface area contributed by atoms with Crippen LogP contribution in [-0.4, -0.2) is 90.1 Å². The Morgan fingerprint density at radius 3 is 2.77 bits per heavy atom. The molecule has 1 fully saturated rings. The summed E-state index contributed by atoms with van der Waals surface area (Å²) >= 11 is 2.23. The first-order valence-corrected chi connectivity index (χ1v) is 14.6. The van der Waals surface area contributed by atoms with Crippen molar-refractivity contribution in [1.82, 2.24) is 34.4 Å². The molecule has 0 aromatic carbocycles. The zero-order chi connectivity index (χ0) is 29.1. The molecule has 20 heteroatoms. The second-order valence-electron chi connectivity index (χ2n) is 9.15. The van der Waals surface area contributed by atoms with Crippen molar-refractivity contribution in [2.24, 2.45) is 5.16 Å². The number of hydrogen-bond acceptors (Lipinski definition) is 13. The summed E-state index contributed by atoms with van der Waals surface area (Å²) in [6, 6.07) is 2.85. The molecule has 0 bridgehead atoms. The molecule has 3 aromatic heterocycles. The van der Waals surface area contributed by atoms with Gasteiger partial charge in [-0.05, 0) is 44.1 Å². The molecule has 0 spiro atoms. The lowest BCUT2D eigenvalue weighted by molar-refractivity contribution is -0.664. The fourth-order valence-corrected chi connectivity index (χ4v) is 6.44. The van der Waals surface area contributed by atoms with E-state index in [1.807, 2.05) is 34.5 Å². The second kappa shape index (κ2) is 16.0. The van der Waals surface area contributed by atoms with Crippen molar-refractivity contribution in [3.63, 3.8) is 0 Å². The third-order valence-electron chi connectivity index (χ3n) is 6.52. The number of anilines is 1. The second-order valence-corrected chi connectivity index (χ2v) is 11.0. The van der Waals surface area contributed by atoms with Gasteiger partial charge in [0.05, 0.1) is 17.9 Å². The third kappa shape index (κ3) is 7.22. The van der Waals surface area contributed by atoms with Crippen LogP contribution in [0.15, 0.2) is 41.1 Å². The van der Waals surface area contributed by atoms with E-state index in [0.717, 1.165) is 36.6 Å². The number of oxime groups is 1. The summed E-state index contributed by atoms with van der Waals surface area (Å²) in [5.41, 5.74) is 7.33. The van der Waals surface area contributed by atoms with E-state index in [-0.39, 0.29) is 65.8 Å². The number of halogens is 2. The highest BCUT2D eigenvalue weighted by atomic mass is 35.5. The summed E-state index contributed by atoms with van der Waals surface area (Å²) in [6.45, 7) is 3.74. The molecule has 0 unspecified atom stereocenters. The van der Waals surface area contributed by atoms with E-state index in [0.29, 0.717) is 17.0 Å². The highest BCUT2D eigenvalue weighted by Gasteiger charge is 2.53. The maximum Gasteiger partial charge on any atom is 0.349 e. The number of nitrogen functional groups attached to an aromatic ring is 1. The monoisotopic (exact) mass is 690 g/mol. The maximum atomic E-state index is 13.2. The number of hydrogen-bond donors (Lipinski definition) is 3. The van der Waals surface area contributed by atoms with E-state index in [4.69, 9.17) is 10.6 Å². The number of rotatable bonds is 12. The molecule has 0 radical (unpaired) electrons. The summed E-state index contributed by atoms with van der Waals surface area (Å²) in [7, 11) is 1.90. The summed E-state index contributed by atoms with van der Waals surface area (Å²) in [6.07, 6.45) is 4.52. The van der Waals surface area contributed by atoms with Crippen LogP contribution in [0, 0.1) is 0 Å². The number of carbonyl (C=O) groups excluding carboxylic acids is 3. The molecule has 6 N–H and O–H groups in total. The third-order valence-corrected chi connectivity index (χ3v) is 8.40. The lowest BCUT2D eigenvalue weighted by atomic mass is 10.0. The number of aromatic nitrogens is 5. The van der Waals surface area contributed by atoms with E-state index in [9.17, 15) is 19.5 Å². The summed E-state index contributed by atoms with van der Waals surface area (Å²) in [5.74, 6) is -2.51. The molecule has 44 heavy (non-hydrogen) atoms. The number of pyridine rings is 1. The first kappa shape index (κ1) is 36.6. The predicted octanol–water partition coefficient (Wildman–Crippen LogP) is -1.77. The van der Waals surface area contributed by atoms with Gasteiger partial charge in [-0.25, -0.2) is 4.57 Å². The minimum atomic E-state index is -1.46. The molecule has 5 rings (SSSR count). The average Bonchev–Trinajstić information content (AvgIpc) is 3.58. The number of nitrogens with zero attached hydrogens (tertiary/aromatic N) is 7. The van der Waals surface area contributed by atoms with Crippen LogP contribution in [0.2, 0.25) is 0 Å². The molecule has 2 atom stereocenters. The van der Waals surface area contributed by atoms with Crippen LogP contribution in [0.5, 0.6) is 0 Å². The number of β-lactam (4-membered cyclic amide) rings is 1. The Hall–Kier alpha value is -3.55. The fourth-order valence-electron chi connectivity index (χ4n) is 4.67. The van der Waals surface area contributed by atoms with Crippen molar-refractivity contribution in [3.05, 3.63) is 41.8 Å². The molecular weight excluding hydrogens is 659 g/mol. The first-order chi connectivity index (χ1) is 19.8. The Morgan fingerprint density at radius 2 is 2.11 bits per heavy atom. The molecule has 1 saturated heterocycles. The Morgan fingerprint density at radius 1 is 1.34 bits per heavy atom. The normalized spacial score (nSPS) is 17.5. The lowest BCUT2D eigenvalue weighted by Crippen LogP contribution is -2.71. The van der Waals surface area contributed by atoms with E-state index >= 15 is 0 Å². The van der Waals surface area contributed by atoms with Crippen LogP contribution in [0.1, 0.15) is 19.2 Å². The number of imidazole rings is 1. The average molecular weight is 692 g/mol. The molecule has 0 saturated carbocycles. The smallest absolute Gasteiger partial charge is 0.349 e. The predicted molar refractivity (Wildman–Crippen MR) is 166 cm³/mol. The molecule has 2 aliphatic rings. The van der Waals surface area contributed by atoms with Gasteiger partial charge in [0.1, 0.15) is 30.1 Å². The van der Waals surface area contributed by atoms with Crippen LogP contribution >= 0.6 is 48.1 Å². The number of nitrogens with two attached hydrogens (primary N) is 1. The minimum Gasteiger partial charge on any atom is -0.543 e. The number of carbonyl (C=O) groups is 3. The number of thioether (sulfide) groups is 1. The van der Waals surface area contributed by atoms with Gasteiger partial charge in [0.15, 0.2) is 5.13 Å². The van der Waals surface area contributed by atoms with Gasteiger partial charge in [0, 0.05) is 29.4 Å². The van der Waals surface area contributed by atoms with Crippen LogP contribution < -0.4 is 26.0 Å². The van der Waals surface area contributed by atoms with Gasteiger partial charge < -0.3 is 41.1 Å². The van der Waals surface area contributed by atoms with Crippen molar-refractivity contribution in [3.8, 4) is 0 Å². The van der Waals surface area contributed by atoms with Gasteiger partial charge in [-0.15, -0.1) is 36.6 Å². The SMILES string of the molecule is CCO/N=C(\C(=O)N[C@@H]1C(=O)N2C(C(=O)[O-])=C(C[n+]3cccc4c3ncn4CCCNC)CS[C@H]12)c1nsc(N)n1.Cl.Cl.O. The fraction of sp³-hybridized carbons (Fsp3) is 0.417. The van der Waals surface area contributed by atoms with Crippen molar-refractivity contribution < 1.29 is 34.4 Å². The standard InChI is InChI=1S/C24H28N10O5S2.2ClH.H2O/c1-3-39-30-15(18-29-24(25)41-31-18)20(35)28-16-21(36)34-17(23(37)38)13(11-40-22(16)34)10-32-8-4-6-14-19(32)27-12-33(14)9-5-7-26-2;;;/h4,6,8,12,16,22,26H,3,5,7,9-11H2,1-2H3,(H3-,25,28,29,31,35,37,38);2*1H;1H2/b30-15-;;;/t16-,22-;;;/m1.../s1. The Labute approximate surface area is 272 Å². The first-order valence-electron chi connectivity index (χ1n) is 12.8. The van der Waals surface area contributed by atoms with Crippen LogP contribution in [-0.2, 0) is 32.3 Å². The van der Waals surface area contributed by atoms with E-state index < -0.39 is 29.2 Å². The number of nitrogens with one attached hydrogen (secondary N) is 2. The van der Waals surface area contributed by atoms with E-state index in [1.165, 1.54) is 16.7 Å². The number of aryl methyl sites for hydroxylation is 1. The van der Waals surface area contributed by atoms with Gasteiger partial charge in [-0.3, -0.25) is 14.5 Å². The molecule has 2 amide bonds. The Bertz CT molecular complexity index is 1560. The summed E-state index contributed by atoms with van der Waals surface area (Å²) in [4.78, 5) is 53.2. The van der Waals surface area contributed by atoms with E-state index in [2.05, 4.69) is 30.1 Å². The Kier molecular flexibility index (Phi) is 13.3. The molecule has 240 valence electrons. The number of amides is 2. The number of fused-ring (bicyclic) bond motifs is 2. The molecule has 2 aliphatic heterocycles. The number of carboxylic acid groups (broad SMARTS) is 1. The quantitative estimate of drug-likeness (QED) is 0.0633. The highest BCUT2D eigenvalue weighted by molar-refractivity contribution is 8.00. The number of aliphatic carboxylic acids is 1. The Balaban J connectivity index is 0.00000225. The minimum absolute atomic E-state index is 0. The van der Waals surface area contributed by atoms with Crippen LogP contribution in [0.25, 0.3) is 11.2 Å². The molecule has 3 aromatic rings. The van der Waals surface area contributed by atoms with Crippen molar-refractivity contribution in [2.45, 2.75) is 37.8 Å². The van der Waals surface area contributed by atoms with Gasteiger partial charge in [-0.1, -0.05) is 5.16 Å². The molecular formula is C24H32Cl2N10O6S2. The van der Waals surface area contributed by atoms with Gasteiger partial charge in [0.25, 0.3) is 11.8 Å². The topological polar surface area (TPSA) is 228 Å². The van der Waals surface area contributed by atoms with Crippen molar-refractivity contribution >= 4 is 87.9 Å².